The molecule has 0 saturated heterocycles. The third-order valence-corrected chi connectivity index (χ3v) is 6.02. The number of nitrogens with one attached hydrogen (secondary N) is 1. The highest BCUT2D eigenvalue weighted by atomic mass is 16.6. The number of carbonyl (C=O) groups is 1. The summed E-state index contributed by atoms with van der Waals surface area (Å²) >= 11 is 0. The van der Waals surface area contributed by atoms with Crippen LogP contribution in [-0.2, 0) is 61.6 Å². The Balaban J connectivity index is 3.07. The summed E-state index contributed by atoms with van der Waals surface area (Å²) in [6, 6.07) is 0. The van der Waals surface area contributed by atoms with Crippen LogP contribution in [0.25, 0.3) is 0 Å². The van der Waals surface area contributed by atoms with Gasteiger partial charge in [-0.1, -0.05) is 13.8 Å². The average molecular weight is 686 g/mol. The second kappa shape index (κ2) is 43.2. The molecule has 0 bridgehead atoms. The number of rotatable bonds is 43. The van der Waals surface area contributed by atoms with Gasteiger partial charge >= 0.3 is 0 Å². The van der Waals surface area contributed by atoms with Crippen molar-refractivity contribution in [1.29, 1.82) is 0 Å². The number of ether oxygens (including phenoxy) is 12. The van der Waals surface area contributed by atoms with Gasteiger partial charge in [-0.25, -0.2) is 0 Å². The highest BCUT2D eigenvalue weighted by Gasteiger charge is 2.02. The molecular weight excluding hydrogens is 618 g/mol. The minimum absolute atomic E-state index is 0.245. The smallest absolute Gasteiger partial charge is 0.135 e. The molecule has 0 aliphatic carbocycles. The van der Waals surface area contributed by atoms with Crippen molar-refractivity contribution in [2.24, 2.45) is 0 Å². The van der Waals surface area contributed by atoms with Crippen molar-refractivity contribution >= 4 is 5.78 Å². The van der Waals surface area contributed by atoms with Gasteiger partial charge in [0.05, 0.1) is 152 Å². The lowest BCUT2D eigenvalue weighted by molar-refractivity contribution is -0.120. The molecule has 0 rings (SSSR count). The molecule has 0 atom stereocenters. The van der Waals surface area contributed by atoms with Gasteiger partial charge in [-0.3, -0.25) is 4.79 Å². The Morgan fingerprint density at radius 2 is 0.617 bits per heavy atom. The van der Waals surface area contributed by atoms with Crippen LogP contribution in [0.1, 0.15) is 39.5 Å². The van der Waals surface area contributed by atoms with Crippen LogP contribution in [0, 0.1) is 0 Å². The van der Waals surface area contributed by atoms with Gasteiger partial charge < -0.3 is 62.2 Å². The van der Waals surface area contributed by atoms with Crippen molar-refractivity contribution in [3.8, 4) is 0 Å². The molecule has 0 aromatic heterocycles. The molecule has 0 aromatic rings. The second-order valence-corrected chi connectivity index (χ2v) is 10.1. The van der Waals surface area contributed by atoms with Crippen LogP contribution in [-0.4, -0.2) is 177 Å². The number of carbonyl (C=O) groups excluding carboxylic acids is 1. The maximum atomic E-state index is 11.7. The predicted octanol–water partition coefficient (Wildman–Crippen LogP) is 1.94. The Morgan fingerprint density at radius 1 is 0.362 bits per heavy atom. The maximum Gasteiger partial charge on any atom is 0.135 e. The summed E-state index contributed by atoms with van der Waals surface area (Å²) in [5, 5.41) is 3.21. The Morgan fingerprint density at radius 3 is 0.872 bits per heavy atom. The fourth-order valence-electron chi connectivity index (χ4n) is 3.56. The minimum Gasteiger partial charge on any atom is -0.379 e. The number of Topliss-reactive ketones (excluding diaryl/α,β-unsaturated/α-hetero) is 1. The van der Waals surface area contributed by atoms with Crippen LogP contribution in [0.4, 0.5) is 0 Å². The summed E-state index contributed by atoms with van der Waals surface area (Å²) in [4.78, 5) is 11.7. The van der Waals surface area contributed by atoms with Crippen LogP contribution in [0.15, 0.2) is 0 Å². The molecule has 0 fully saturated rings. The lowest BCUT2D eigenvalue weighted by Crippen LogP contribution is -2.16. The molecule has 14 heteroatoms. The fraction of sp³-hybridized carbons (Fsp3) is 0.970. The van der Waals surface area contributed by atoms with E-state index < -0.39 is 0 Å². The monoisotopic (exact) mass is 685 g/mol. The van der Waals surface area contributed by atoms with Crippen LogP contribution in [0.5, 0.6) is 0 Å². The van der Waals surface area contributed by atoms with E-state index in [0.29, 0.717) is 165 Å². The molecule has 0 radical (unpaired) electrons. The minimum atomic E-state index is 0.245. The molecule has 0 unspecified atom stereocenters. The van der Waals surface area contributed by atoms with Gasteiger partial charge in [-0.2, -0.15) is 0 Å². The number of ketones is 1. The summed E-state index contributed by atoms with van der Waals surface area (Å²) in [7, 11) is 0. The van der Waals surface area contributed by atoms with Crippen LogP contribution >= 0.6 is 0 Å². The van der Waals surface area contributed by atoms with E-state index in [1.807, 2.05) is 0 Å². The van der Waals surface area contributed by atoms with E-state index in [1.165, 1.54) is 0 Å². The topological polar surface area (TPSA) is 140 Å². The van der Waals surface area contributed by atoms with E-state index >= 15 is 0 Å². The molecule has 0 amide bonds. The molecule has 1 N–H and O–H groups in total. The molecule has 0 aromatic carbocycles. The zero-order valence-corrected chi connectivity index (χ0v) is 29.5. The van der Waals surface area contributed by atoms with E-state index in [4.69, 9.17) is 56.8 Å². The lowest BCUT2D eigenvalue weighted by Gasteiger charge is -2.09. The zero-order chi connectivity index (χ0) is 34.0. The Kier molecular flexibility index (Phi) is 42.4. The SMILES string of the molecule is CCCOCCOCCOCCOCCOCCOCCOCCOCCOCCOCCOCCOCCC(=O)CCCNCC. The number of hydrogen-bond donors (Lipinski definition) is 1. The summed E-state index contributed by atoms with van der Waals surface area (Å²) < 4.78 is 65.4. The van der Waals surface area contributed by atoms with E-state index in [2.05, 4.69) is 19.2 Å². The third kappa shape index (κ3) is 43.1. The fourth-order valence-corrected chi connectivity index (χ4v) is 3.56. The van der Waals surface area contributed by atoms with Crippen molar-refractivity contribution in [3.63, 3.8) is 0 Å². The van der Waals surface area contributed by atoms with Gasteiger partial charge in [0, 0.05) is 19.4 Å². The molecular formula is C33H67NO13. The first kappa shape index (κ1) is 46.1. The van der Waals surface area contributed by atoms with Gasteiger partial charge in [-0.15, -0.1) is 0 Å². The Hall–Kier alpha value is -0.850. The Labute approximate surface area is 283 Å². The highest BCUT2D eigenvalue weighted by Crippen LogP contribution is 1.95. The number of hydrogen-bond acceptors (Lipinski definition) is 14. The van der Waals surface area contributed by atoms with Gasteiger partial charge in [0.1, 0.15) is 5.78 Å². The van der Waals surface area contributed by atoms with E-state index in [1.54, 1.807) is 0 Å². The van der Waals surface area contributed by atoms with Crippen molar-refractivity contribution < 1.29 is 61.6 Å². The van der Waals surface area contributed by atoms with E-state index in [-0.39, 0.29) is 5.78 Å². The van der Waals surface area contributed by atoms with Crippen molar-refractivity contribution in [1.82, 2.24) is 5.32 Å². The largest absolute Gasteiger partial charge is 0.379 e. The molecule has 0 aliphatic heterocycles. The quantitative estimate of drug-likeness (QED) is 0.0936. The summed E-state index contributed by atoms with van der Waals surface area (Å²) in [5.41, 5.74) is 0. The maximum absolute atomic E-state index is 11.7. The second-order valence-electron chi connectivity index (χ2n) is 10.1. The van der Waals surface area contributed by atoms with Crippen LogP contribution in [0.2, 0.25) is 0 Å². The van der Waals surface area contributed by atoms with E-state index in [0.717, 1.165) is 32.5 Å². The molecule has 0 heterocycles. The standard InChI is InChI=1S/C33H67NO13/c1-3-9-36-11-13-38-15-17-40-19-21-42-23-25-44-27-29-46-31-32-47-30-28-45-26-24-43-22-20-41-18-16-39-14-12-37-10-7-33(35)6-5-8-34-4-2/h34H,3-32H2,1-2H3. The van der Waals surface area contributed by atoms with Crippen molar-refractivity contribution in [2.45, 2.75) is 39.5 Å². The van der Waals surface area contributed by atoms with E-state index in [9.17, 15) is 4.79 Å². The van der Waals surface area contributed by atoms with Gasteiger partial charge in [0.2, 0.25) is 0 Å². The van der Waals surface area contributed by atoms with Crippen molar-refractivity contribution in [3.05, 3.63) is 0 Å². The molecule has 14 nitrogen and oxygen atoms in total. The Bertz CT molecular complexity index is 593. The first-order valence-electron chi connectivity index (χ1n) is 17.5. The summed E-state index contributed by atoms with van der Waals surface area (Å²) in [5.74, 6) is 0.245. The average Bonchev–Trinajstić information content (AvgIpc) is 3.08. The predicted molar refractivity (Wildman–Crippen MR) is 178 cm³/mol. The third-order valence-electron chi connectivity index (χ3n) is 6.02. The van der Waals surface area contributed by atoms with Gasteiger partial charge in [0.25, 0.3) is 0 Å². The van der Waals surface area contributed by atoms with Crippen molar-refractivity contribution in [2.75, 3.05) is 172 Å². The first-order valence-corrected chi connectivity index (χ1v) is 17.5. The summed E-state index contributed by atoms with van der Waals surface area (Å²) in [6.07, 6.45) is 2.97. The first-order chi connectivity index (χ1) is 23.3. The summed E-state index contributed by atoms with van der Waals surface area (Å²) in [6.45, 7) is 18.6. The normalized spacial score (nSPS) is 11.5. The van der Waals surface area contributed by atoms with Crippen LogP contribution < -0.4 is 5.32 Å². The molecule has 0 spiro atoms. The lowest BCUT2D eigenvalue weighted by atomic mass is 10.2. The van der Waals surface area contributed by atoms with Gasteiger partial charge in [-0.05, 0) is 25.9 Å². The van der Waals surface area contributed by atoms with Crippen LogP contribution in [0.3, 0.4) is 0 Å². The van der Waals surface area contributed by atoms with Gasteiger partial charge in [0.15, 0.2) is 0 Å². The molecule has 0 aliphatic rings. The molecule has 47 heavy (non-hydrogen) atoms. The zero-order valence-electron chi connectivity index (χ0n) is 29.5. The molecule has 282 valence electrons. The highest BCUT2D eigenvalue weighted by molar-refractivity contribution is 5.78. The molecule has 0 saturated carbocycles.